The average molecular weight is 380 g/mol. The molecule has 0 saturated carbocycles. The summed E-state index contributed by atoms with van der Waals surface area (Å²) >= 11 is 0. The van der Waals surface area contributed by atoms with Gasteiger partial charge in [-0.05, 0) is 36.4 Å². The minimum Gasteiger partial charge on any atom is -0.347 e. The number of nitrogens with zero attached hydrogens (tertiary/aromatic N) is 3. The summed E-state index contributed by atoms with van der Waals surface area (Å²) in [6.07, 6.45) is 2.87. The highest BCUT2D eigenvalue weighted by Crippen LogP contribution is 2.23. The van der Waals surface area contributed by atoms with Gasteiger partial charge in [0.2, 0.25) is 0 Å². The number of urea groups is 1. The smallest absolute Gasteiger partial charge is 0.317 e. The van der Waals surface area contributed by atoms with Gasteiger partial charge in [-0.15, -0.1) is 0 Å². The van der Waals surface area contributed by atoms with Crippen LogP contribution in [0, 0.1) is 10.1 Å². The number of carbonyl (C=O) groups is 1. The highest BCUT2D eigenvalue weighted by Gasteiger charge is 2.19. The van der Waals surface area contributed by atoms with Gasteiger partial charge < -0.3 is 14.8 Å². The monoisotopic (exact) mass is 380 g/mol. The maximum atomic E-state index is 12.4. The van der Waals surface area contributed by atoms with E-state index in [0.717, 1.165) is 18.5 Å². The molecule has 0 saturated heterocycles. The Morgan fingerprint density at radius 1 is 1.21 bits per heavy atom. The lowest BCUT2D eigenvalue weighted by molar-refractivity contribution is -0.384. The van der Waals surface area contributed by atoms with E-state index >= 15 is 0 Å². The molecule has 0 aliphatic carbocycles. The van der Waals surface area contributed by atoms with Crippen LogP contribution in [0.15, 0.2) is 60.8 Å². The van der Waals surface area contributed by atoms with Gasteiger partial charge in [-0.25, -0.2) is 4.79 Å². The van der Waals surface area contributed by atoms with E-state index in [1.807, 2.05) is 19.1 Å². The number of nitrogens with one attached hydrogen (secondary N) is 1. The summed E-state index contributed by atoms with van der Waals surface area (Å²) in [5.41, 5.74) is 1.94. The molecule has 1 N–H and O–H groups in total. The van der Waals surface area contributed by atoms with Crippen LogP contribution in [-0.2, 0) is 6.54 Å². The van der Waals surface area contributed by atoms with Gasteiger partial charge in [-0.2, -0.15) is 0 Å². The van der Waals surface area contributed by atoms with Gasteiger partial charge in [0, 0.05) is 44.0 Å². The van der Waals surface area contributed by atoms with E-state index in [1.165, 1.54) is 23.0 Å². The van der Waals surface area contributed by atoms with Crippen LogP contribution < -0.4 is 5.32 Å². The predicted octanol–water partition coefficient (Wildman–Crippen LogP) is 4.34. The summed E-state index contributed by atoms with van der Waals surface area (Å²) in [4.78, 5) is 24.5. The van der Waals surface area contributed by atoms with Crippen molar-refractivity contribution in [2.75, 3.05) is 13.6 Å². The molecule has 0 bridgehead atoms. The van der Waals surface area contributed by atoms with E-state index in [-0.39, 0.29) is 17.8 Å². The first-order valence-corrected chi connectivity index (χ1v) is 9.26. The van der Waals surface area contributed by atoms with Crippen LogP contribution >= 0.6 is 0 Å². The lowest BCUT2D eigenvalue weighted by atomic mass is 10.1. The second-order valence-corrected chi connectivity index (χ2v) is 6.79. The number of nitro groups is 1. The van der Waals surface area contributed by atoms with Crippen molar-refractivity contribution in [3.05, 3.63) is 76.5 Å². The SMILES string of the molecule is CC(c1cccc([N+](=O)[O-])c1)N(C)C(=O)NCCCn1ccc2ccccc21. The van der Waals surface area contributed by atoms with Gasteiger partial charge in [-0.1, -0.05) is 30.3 Å². The van der Waals surface area contributed by atoms with Crippen molar-refractivity contribution < 1.29 is 9.72 Å². The molecule has 2 aromatic carbocycles. The third kappa shape index (κ3) is 4.31. The quantitative estimate of drug-likeness (QED) is 0.376. The molecular weight excluding hydrogens is 356 g/mol. The summed E-state index contributed by atoms with van der Waals surface area (Å²) in [5.74, 6) is 0. The van der Waals surface area contributed by atoms with Crippen LogP contribution in [-0.4, -0.2) is 34.0 Å². The molecule has 0 spiro atoms. The van der Waals surface area contributed by atoms with Crippen molar-refractivity contribution in [3.8, 4) is 0 Å². The van der Waals surface area contributed by atoms with Gasteiger partial charge in [0.1, 0.15) is 0 Å². The molecule has 3 rings (SSSR count). The molecule has 1 heterocycles. The predicted molar refractivity (Wildman–Crippen MR) is 109 cm³/mol. The molecule has 3 aromatic rings. The first kappa shape index (κ1) is 19.4. The molecule has 146 valence electrons. The number of hydrogen-bond donors (Lipinski definition) is 1. The zero-order chi connectivity index (χ0) is 20.1. The van der Waals surface area contributed by atoms with Crippen molar-refractivity contribution in [2.45, 2.75) is 25.9 Å². The summed E-state index contributed by atoms with van der Waals surface area (Å²) in [6, 6.07) is 16.2. The Bertz CT molecular complexity index is 982. The number of carbonyl (C=O) groups excluding carboxylic acids is 1. The Balaban J connectivity index is 1.51. The first-order chi connectivity index (χ1) is 13.5. The Morgan fingerprint density at radius 3 is 2.79 bits per heavy atom. The van der Waals surface area contributed by atoms with Gasteiger partial charge in [0.15, 0.2) is 0 Å². The maximum Gasteiger partial charge on any atom is 0.317 e. The molecule has 7 heteroatoms. The number of benzene rings is 2. The molecule has 1 unspecified atom stereocenters. The lowest BCUT2D eigenvalue weighted by Gasteiger charge is -2.25. The number of fused-ring (bicyclic) bond motifs is 1. The zero-order valence-electron chi connectivity index (χ0n) is 16.0. The molecule has 0 radical (unpaired) electrons. The molecule has 0 fully saturated rings. The van der Waals surface area contributed by atoms with E-state index in [9.17, 15) is 14.9 Å². The van der Waals surface area contributed by atoms with Crippen molar-refractivity contribution in [1.29, 1.82) is 0 Å². The second kappa shape index (κ2) is 8.56. The summed E-state index contributed by atoms with van der Waals surface area (Å²) in [5, 5.41) is 15.1. The molecule has 0 aliphatic rings. The van der Waals surface area contributed by atoms with Gasteiger partial charge >= 0.3 is 6.03 Å². The van der Waals surface area contributed by atoms with E-state index in [0.29, 0.717) is 6.54 Å². The molecule has 1 aromatic heterocycles. The van der Waals surface area contributed by atoms with Crippen LogP contribution in [0.25, 0.3) is 10.9 Å². The highest BCUT2D eigenvalue weighted by atomic mass is 16.6. The third-order valence-electron chi connectivity index (χ3n) is 5.00. The van der Waals surface area contributed by atoms with Crippen molar-refractivity contribution in [2.24, 2.45) is 0 Å². The summed E-state index contributed by atoms with van der Waals surface area (Å²) < 4.78 is 2.18. The lowest BCUT2D eigenvalue weighted by Crippen LogP contribution is -2.39. The largest absolute Gasteiger partial charge is 0.347 e. The minimum atomic E-state index is -0.429. The van der Waals surface area contributed by atoms with Crippen molar-refractivity contribution >= 4 is 22.6 Å². The fourth-order valence-corrected chi connectivity index (χ4v) is 3.20. The minimum absolute atomic E-state index is 0.0251. The number of para-hydroxylation sites is 1. The third-order valence-corrected chi connectivity index (χ3v) is 5.00. The van der Waals surface area contributed by atoms with Crippen LogP contribution in [0.3, 0.4) is 0 Å². The fourth-order valence-electron chi connectivity index (χ4n) is 3.20. The first-order valence-electron chi connectivity index (χ1n) is 9.26. The Kier molecular flexibility index (Phi) is 5.93. The highest BCUT2D eigenvalue weighted by molar-refractivity contribution is 5.79. The fraction of sp³-hybridized carbons (Fsp3) is 0.286. The molecule has 0 aliphatic heterocycles. The summed E-state index contributed by atoms with van der Waals surface area (Å²) in [6.45, 7) is 3.22. The van der Waals surface area contributed by atoms with E-state index < -0.39 is 4.92 Å². The van der Waals surface area contributed by atoms with E-state index in [4.69, 9.17) is 0 Å². The number of hydrogen-bond acceptors (Lipinski definition) is 3. The molecule has 28 heavy (non-hydrogen) atoms. The maximum absolute atomic E-state index is 12.4. The number of aromatic nitrogens is 1. The molecule has 7 nitrogen and oxygen atoms in total. The van der Waals surface area contributed by atoms with Gasteiger partial charge in [0.25, 0.3) is 5.69 Å². The van der Waals surface area contributed by atoms with Crippen LogP contribution in [0.2, 0.25) is 0 Å². The van der Waals surface area contributed by atoms with Crippen LogP contribution in [0.4, 0.5) is 10.5 Å². The number of amides is 2. The molecular formula is C21H24N4O3. The Hall–Kier alpha value is -3.35. The van der Waals surface area contributed by atoms with Crippen molar-refractivity contribution in [3.63, 3.8) is 0 Å². The van der Waals surface area contributed by atoms with Gasteiger partial charge in [-0.3, -0.25) is 10.1 Å². The van der Waals surface area contributed by atoms with Crippen LogP contribution in [0.5, 0.6) is 0 Å². The number of rotatable bonds is 7. The normalized spacial score (nSPS) is 11.9. The zero-order valence-corrected chi connectivity index (χ0v) is 16.0. The topological polar surface area (TPSA) is 80.4 Å². The van der Waals surface area contributed by atoms with Gasteiger partial charge in [0.05, 0.1) is 11.0 Å². The average Bonchev–Trinajstić information content (AvgIpc) is 3.13. The van der Waals surface area contributed by atoms with E-state index in [2.05, 4.69) is 34.3 Å². The Labute approximate surface area is 163 Å². The molecule has 2 amide bonds. The standard InChI is InChI=1S/C21H24N4O3/c1-16(18-8-5-9-19(15-18)25(27)28)23(2)21(26)22-12-6-13-24-14-11-17-7-3-4-10-20(17)24/h3-5,7-11,14-16H,6,12-13H2,1-2H3,(H,22,26). The number of aryl methyl sites for hydroxylation is 1. The Morgan fingerprint density at radius 2 is 2.00 bits per heavy atom. The van der Waals surface area contributed by atoms with E-state index in [1.54, 1.807) is 24.1 Å². The van der Waals surface area contributed by atoms with Crippen molar-refractivity contribution in [1.82, 2.24) is 14.8 Å². The van der Waals surface area contributed by atoms with Crippen LogP contribution in [0.1, 0.15) is 24.9 Å². The molecule has 1 atom stereocenters. The second-order valence-electron chi connectivity index (χ2n) is 6.79. The summed E-state index contributed by atoms with van der Waals surface area (Å²) in [7, 11) is 1.69. The number of nitro benzene ring substituents is 1. The number of non-ortho nitro benzene ring substituents is 1.